The highest BCUT2D eigenvalue weighted by atomic mass is 19.1. The van der Waals surface area contributed by atoms with E-state index in [9.17, 15) is 4.39 Å². The molecule has 0 unspecified atom stereocenters. The molecule has 0 amide bonds. The summed E-state index contributed by atoms with van der Waals surface area (Å²) in [6.07, 6.45) is 2.23. The van der Waals surface area contributed by atoms with Crippen LogP contribution in [-0.4, -0.2) is 54.2 Å². The van der Waals surface area contributed by atoms with E-state index in [1.54, 1.807) is 0 Å². The molecule has 2 nitrogen and oxygen atoms in total. The maximum atomic E-state index is 13.0. The van der Waals surface area contributed by atoms with Gasteiger partial charge in [-0.3, -0.25) is 9.80 Å². The van der Waals surface area contributed by atoms with Crippen LogP contribution in [0.4, 0.5) is 4.39 Å². The number of nitrogens with zero attached hydrogens (tertiary/aromatic N) is 2. The van der Waals surface area contributed by atoms with E-state index in [1.807, 2.05) is 0 Å². The predicted molar refractivity (Wildman–Crippen MR) is 60.8 cm³/mol. The van der Waals surface area contributed by atoms with Gasteiger partial charge in [0.25, 0.3) is 0 Å². The van der Waals surface area contributed by atoms with Crippen molar-refractivity contribution in [1.82, 2.24) is 9.80 Å². The topological polar surface area (TPSA) is 6.48 Å². The number of piperidine rings is 1. The Kier molecular flexibility index (Phi) is 3.62. The lowest BCUT2D eigenvalue weighted by Crippen LogP contribution is -2.43. The van der Waals surface area contributed by atoms with Crippen molar-refractivity contribution >= 4 is 0 Å². The Hall–Kier alpha value is -0.150. The number of hydrogen-bond acceptors (Lipinski definition) is 2. The number of halogens is 1. The first-order valence-corrected chi connectivity index (χ1v) is 6.29. The van der Waals surface area contributed by atoms with E-state index in [2.05, 4.69) is 23.6 Å². The Morgan fingerprint density at radius 1 is 1.07 bits per heavy atom. The second kappa shape index (κ2) is 4.79. The van der Waals surface area contributed by atoms with Crippen LogP contribution in [0.1, 0.15) is 33.1 Å². The minimum Gasteiger partial charge on any atom is -0.299 e. The molecule has 2 rings (SSSR count). The summed E-state index contributed by atoms with van der Waals surface area (Å²) in [4.78, 5) is 5.03. The second-order valence-electron chi connectivity index (χ2n) is 5.24. The summed E-state index contributed by atoms with van der Waals surface area (Å²) in [5.41, 5.74) is 0. The molecule has 0 N–H and O–H groups in total. The first-order valence-electron chi connectivity index (χ1n) is 6.29. The maximum absolute atomic E-state index is 13.0. The zero-order valence-electron chi connectivity index (χ0n) is 9.95. The molecule has 0 aromatic heterocycles. The van der Waals surface area contributed by atoms with Crippen LogP contribution < -0.4 is 0 Å². The summed E-state index contributed by atoms with van der Waals surface area (Å²) in [6.45, 7) is 8.87. The van der Waals surface area contributed by atoms with Gasteiger partial charge < -0.3 is 0 Å². The average molecular weight is 214 g/mol. The van der Waals surface area contributed by atoms with Crippen molar-refractivity contribution in [2.75, 3.05) is 26.2 Å². The fourth-order valence-electron chi connectivity index (χ4n) is 2.77. The summed E-state index contributed by atoms with van der Waals surface area (Å²) in [7, 11) is 0. The van der Waals surface area contributed by atoms with Crippen molar-refractivity contribution < 1.29 is 4.39 Å². The molecule has 3 heteroatoms. The molecule has 0 aliphatic carbocycles. The van der Waals surface area contributed by atoms with E-state index in [0.717, 1.165) is 25.9 Å². The third kappa shape index (κ3) is 2.70. The van der Waals surface area contributed by atoms with Crippen LogP contribution in [0.5, 0.6) is 0 Å². The van der Waals surface area contributed by atoms with Crippen molar-refractivity contribution in [1.29, 1.82) is 0 Å². The molecule has 2 saturated heterocycles. The van der Waals surface area contributed by atoms with Crippen LogP contribution in [0.25, 0.3) is 0 Å². The molecule has 0 bridgehead atoms. The smallest absolute Gasteiger partial charge is 0.103 e. The van der Waals surface area contributed by atoms with Gasteiger partial charge in [-0.2, -0.15) is 0 Å². The van der Waals surface area contributed by atoms with Crippen molar-refractivity contribution in [3.05, 3.63) is 0 Å². The van der Waals surface area contributed by atoms with Crippen molar-refractivity contribution in [3.63, 3.8) is 0 Å². The molecule has 0 aromatic carbocycles. The monoisotopic (exact) mass is 214 g/mol. The van der Waals surface area contributed by atoms with Crippen LogP contribution in [0.3, 0.4) is 0 Å². The van der Waals surface area contributed by atoms with Crippen LogP contribution in [0.2, 0.25) is 0 Å². The molecule has 2 fully saturated rings. The number of rotatable bonds is 2. The lowest BCUT2D eigenvalue weighted by Gasteiger charge is -2.34. The zero-order valence-corrected chi connectivity index (χ0v) is 9.95. The van der Waals surface area contributed by atoms with Crippen molar-refractivity contribution in [3.8, 4) is 0 Å². The molecular formula is C12H23FN2. The molecule has 0 saturated carbocycles. The molecule has 0 aromatic rings. The molecule has 88 valence electrons. The van der Waals surface area contributed by atoms with Gasteiger partial charge in [0, 0.05) is 38.3 Å². The fraction of sp³-hybridized carbons (Fsp3) is 1.00. The van der Waals surface area contributed by atoms with Gasteiger partial charge in [-0.05, 0) is 33.1 Å². The highest BCUT2D eigenvalue weighted by Crippen LogP contribution is 2.22. The Labute approximate surface area is 92.4 Å². The Morgan fingerprint density at radius 2 is 1.73 bits per heavy atom. The van der Waals surface area contributed by atoms with Crippen molar-refractivity contribution in [2.24, 2.45) is 0 Å². The predicted octanol–water partition coefficient (Wildman–Crippen LogP) is 1.90. The molecule has 2 aliphatic rings. The summed E-state index contributed by atoms with van der Waals surface area (Å²) in [6, 6.07) is 1.36. The normalized spacial score (nSPS) is 31.6. The van der Waals surface area contributed by atoms with E-state index in [4.69, 9.17) is 0 Å². The van der Waals surface area contributed by atoms with Gasteiger partial charge in [0.1, 0.15) is 6.17 Å². The van der Waals surface area contributed by atoms with E-state index >= 15 is 0 Å². The number of likely N-dealkylation sites (tertiary alicyclic amines) is 2. The highest BCUT2D eigenvalue weighted by Gasteiger charge is 2.31. The summed E-state index contributed by atoms with van der Waals surface area (Å²) >= 11 is 0. The summed E-state index contributed by atoms with van der Waals surface area (Å²) in [5.74, 6) is 0. The Morgan fingerprint density at radius 3 is 2.27 bits per heavy atom. The molecule has 2 aliphatic heterocycles. The summed E-state index contributed by atoms with van der Waals surface area (Å²) < 4.78 is 13.0. The maximum Gasteiger partial charge on any atom is 0.103 e. The molecular weight excluding hydrogens is 191 g/mol. The van der Waals surface area contributed by atoms with Crippen molar-refractivity contribution in [2.45, 2.75) is 51.4 Å². The van der Waals surface area contributed by atoms with Crippen LogP contribution in [0.15, 0.2) is 0 Å². The molecule has 1 atom stereocenters. The highest BCUT2D eigenvalue weighted by molar-refractivity contribution is 4.87. The first-order chi connectivity index (χ1) is 7.16. The quantitative estimate of drug-likeness (QED) is 0.693. The SMILES string of the molecule is CC(C)N1CC[C@@H](N2CCC(F)CC2)C1. The third-order valence-corrected chi connectivity index (χ3v) is 3.90. The largest absolute Gasteiger partial charge is 0.299 e. The van der Waals surface area contributed by atoms with Gasteiger partial charge in [0.15, 0.2) is 0 Å². The van der Waals surface area contributed by atoms with E-state index in [1.165, 1.54) is 19.5 Å². The van der Waals surface area contributed by atoms with E-state index in [0.29, 0.717) is 12.1 Å². The number of hydrogen-bond donors (Lipinski definition) is 0. The van der Waals surface area contributed by atoms with Gasteiger partial charge in [-0.25, -0.2) is 4.39 Å². The third-order valence-electron chi connectivity index (χ3n) is 3.90. The minimum atomic E-state index is -0.538. The van der Waals surface area contributed by atoms with Crippen LogP contribution in [0, 0.1) is 0 Å². The molecule has 0 radical (unpaired) electrons. The Bertz CT molecular complexity index is 200. The van der Waals surface area contributed by atoms with Gasteiger partial charge >= 0.3 is 0 Å². The van der Waals surface area contributed by atoms with Gasteiger partial charge in [0.2, 0.25) is 0 Å². The lowest BCUT2D eigenvalue weighted by atomic mass is 10.1. The average Bonchev–Trinajstić information content (AvgIpc) is 2.68. The van der Waals surface area contributed by atoms with Gasteiger partial charge in [0.05, 0.1) is 0 Å². The van der Waals surface area contributed by atoms with Gasteiger partial charge in [-0.1, -0.05) is 0 Å². The Balaban J connectivity index is 1.80. The van der Waals surface area contributed by atoms with E-state index in [-0.39, 0.29) is 0 Å². The standard InChI is InChI=1S/C12H23FN2/c1-10(2)15-8-5-12(9-15)14-6-3-11(13)4-7-14/h10-12H,3-9H2,1-2H3/t12-/m1/s1. The summed E-state index contributed by atoms with van der Waals surface area (Å²) in [5, 5.41) is 0. The minimum absolute atomic E-state index is 0.538. The van der Waals surface area contributed by atoms with E-state index < -0.39 is 6.17 Å². The zero-order chi connectivity index (χ0) is 10.8. The van der Waals surface area contributed by atoms with Crippen LogP contribution in [-0.2, 0) is 0 Å². The lowest BCUT2D eigenvalue weighted by molar-refractivity contribution is 0.110. The molecule has 0 spiro atoms. The molecule has 2 heterocycles. The first kappa shape index (κ1) is 11.3. The second-order valence-corrected chi connectivity index (χ2v) is 5.24. The number of alkyl halides is 1. The van der Waals surface area contributed by atoms with Gasteiger partial charge in [-0.15, -0.1) is 0 Å². The van der Waals surface area contributed by atoms with Crippen LogP contribution >= 0.6 is 0 Å². The molecule has 15 heavy (non-hydrogen) atoms. The fourth-order valence-corrected chi connectivity index (χ4v) is 2.77.